The number of amides is 1. The number of furan rings is 1. The van der Waals surface area contributed by atoms with E-state index in [9.17, 15) is 4.79 Å². The third-order valence-corrected chi connectivity index (χ3v) is 5.54. The van der Waals surface area contributed by atoms with E-state index >= 15 is 0 Å². The zero-order valence-corrected chi connectivity index (χ0v) is 15.6. The first-order valence-electron chi connectivity index (χ1n) is 9.43. The van der Waals surface area contributed by atoms with Gasteiger partial charge in [0, 0.05) is 12.0 Å². The van der Waals surface area contributed by atoms with Crippen LogP contribution in [0.1, 0.15) is 68.6 Å². The van der Waals surface area contributed by atoms with Crippen LogP contribution in [0.5, 0.6) is 0 Å². The first kappa shape index (κ1) is 17.0. The number of nitrogens with zero attached hydrogens (tertiary/aromatic N) is 4. The van der Waals surface area contributed by atoms with Crippen LogP contribution in [-0.2, 0) is 4.79 Å². The summed E-state index contributed by atoms with van der Waals surface area (Å²) >= 11 is 0. The Bertz CT molecular complexity index is 952. The lowest BCUT2D eigenvalue weighted by molar-refractivity contribution is -0.122. The molecule has 3 aromatic heterocycles. The standard InChI is InChI=1S/C19H25N5O2/c1-11-13(3)26-19-16(11)18-22-17(23-24(18)10-20-19)12(2)21-15(25)9-8-14-6-4-5-7-14/h10,12,14H,4-9H2,1-3H3,(H,21,25). The van der Waals surface area contributed by atoms with Gasteiger partial charge in [-0.2, -0.15) is 0 Å². The molecule has 0 radical (unpaired) electrons. The number of fused-ring (bicyclic) bond motifs is 3. The van der Waals surface area contributed by atoms with Gasteiger partial charge < -0.3 is 9.73 Å². The lowest BCUT2D eigenvalue weighted by Crippen LogP contribution is -2.27. The van der Waals surface area contributed by atoms with E-state index in [1.807, 2.05) is 20.8 Å². The molecule has 1 atom stereocenters. The molecule has 1 fully saturated rings. The van der Waals surface area contributed by atoms with E-state index in [1.54, 1.807) is 10.8 Å². The van der Waals surface area contributed by atoms with Crippen LogP contribution in [0.3, 0.4) is 0 Å². The van der Waals surface area contributed by atoms with Crippen molar-refractivity contribution < 1.29 is 9.21 Å². The van der Waals surface area contributed by atoms with Gasteiger partial charge in [-0.05, 0) is 33.1 Å². The summed E-state index contributed by atoms with van der Waals surface area (Å²) in [6.45, 7) is 5.82. The molecule has 7 heteroatoms. The van der Waals surface area contributed by atoms with Crippen molar-refractivity contribution in [3.05, 3.63) is 23.5 Å². The second kappa shape index (κ2) is 6.70. The van der Waals surface area contributed by atoms with Gasteiger partial charge in [0.1, 0.15) is 12.1 Å². The number of rotatable bonds is 5. The molecule has 1 amide bonds. The van der Waals surface area contributed by atoms with Crippen LogP contribution in [0, 0.1) is 19.8 Å². The Balaban J connectivity index is 1.50. The third kappa shape index (κ3) is 3.06. The van der Waals surface area contributed by atoms with E-state index in [1.165, 1.54) is 25.7 Å². The number of hydrogen-bond acceptors (Lipinski definition) is 5. The zero-order valence-electron chi connectivity index (χ0n) is 15.6. The molecule has 1 unspecified atom stereocenters. The van der Waals surface area contributed by atoms with Crippen LogP contribution >= 0.6 is 0 Å². The fraction of sp³-hybridized carbons (Fsp3) is 0.579. The van der Waals surface area contributed by atoms with E-state index in [4.69, 9.17) is 4.42 Å². The largest absolute Gasteiger partial charge is 0.443 e. The van der Waals surface area contributed by atoms with E-state index < -0.39 is 0 Å². The third-order valence-electron chi connectivity index (χ3n) is 5.54. The van der Waals surface area contributed by atoms with E-state index in [0.717, 1.165) is 29.0 Å². The molecule has 3 heterocycles. The molecular weight excluding hydrogens is 330 g/mol. The maximum Gasteiger partial charge on any atom is 0.231 e. The van der Waals surface area contributed by atoms with Crippen LogP contribution in [0.2, 0.25) is 0 Å². The summed E-state index contributed by atoms with van der Waals surface area (Å²) in [5.41, 5.74) is 2.30. The second-order valence-electron chi connectivity index (χ2n) is 7.42. The quantitative estimate of drug-likeness (QED) is 0.755. The van der Waals surface area contributed by atoms with Gasteiger partial charge in [0.2, 0.25) is 11.6 Å². The fourth-order valence-electron chi connectivity index (χ4n) is 3.86. The first-order chi connectivity index (χ1) is 12.5. The Kier molecular flexibility index (Phi) is 4.38. The van der Waals surface area contributed by atoms with E-state index in [-0.39, 0.29) is 11.9 Å². The molecule has 4 rings (SSSR count). The minimum absolute atomic E-state index is 0.0712. The van der Waals surface area contributed by atoms with Crippen molar-refractivity contribution in [2.24, 2.45) is 5.92 Å². The number of hydrogen-bond donors (Lipinski definition) is 1. The van der Waals surface area contributed by atoms with Crippen LogP contribution in [0.15, 0.2) is 10.7 Å². The van der Waals surface area contributed by atoms with Crippen LogP contribution in [-0.4, -0.2) is 25.5 Å². The smallest absolute Gasteiger partial charge is 0.231 e. The highest BCUT2D eigenvalue weighted by molar-refractivity contribution is 5.91. The maximum atomic E-state index is 12.3. The van der Waals surface area contributed by atoms with Crippen LogP contribution in [0.4, 0.5) is 0 Å². The lowest BCUT2D eigenvalue weighted by atomic mass is 10.0. The zero-order chi connectivity index (χ0) is 18.3. The highest BCUT2D eigenvalue weighted by Gasteiger charge is 2.20. The molecule has 0 spiro atoms. The Morgan fingerprint density at radius 1 is 1.38 bits per heavy atom. The monoisotopic (exact) mass is 355 g/mol. The van der Waals surface area contributed by atoms with Crippen molar-refractivity contribution in [2.75, 3.05) is 0 Å². The number of aromatic nitrogens is 4. The molecule has 0 bridgehead atoms. The lowest BCUT2D eigenvalue weighted by Gasteiger charge is -2.12. The van der Waals surface area contributed by atoms with Gasteiger partial charge in [-0.25, -0.2) is 14.5 Å². The molecule has 26 heavy (non-hydrogen) atoms. The predicted molar refractivity (Wildman–Crippen MR) is 97.8 cm³/mol. The summed E-state index contributed by atoms with van der Waals surface area (Å²) < 4.78 is 7.31. The molecule has 7 nitrogen and oxygen atoms in total. The highest BCUT2D eigenvalue weighted by Crippen LogP contribution is 2.29. The van der Waals surface area contributed by atoms with Crippen molar-refractivity contribution in [1.82, 2.24) is 24.9 Å². The van der Waals surface area contributed by atoms with Gasteiger partial charge in [-0.15, -0.1) is 5.10 Å². The summed E-state index contributed by atoms with van der Waals surface area (Å²) in [4.78, 5) is 21.2. The summed E-state index contributed by atoms with van der Waals surface area (Å²) in [6, 6.07) is -0.241. The topological polar surface area (TPSA) is 85.3 Å². The molecule has 0 aromatic carbocycles. The molecule has 1 aliphatic carbocycles. The average Bonchev–Trinajstić information content (AvgIpc) is 3.33. The molecule has 1 N–H and O–H groups in total. The fourth-order valence-corrected chi connectivity index (χ4v) is 3.86. The second-order valence-corrected chi connectivity index (χ2v) is 7.42. The Hall–Kier alpha value is -2.44. The molecule has 1 aliphatic rings. The van der Waals surface area contributed by atoms with Crippen molar-refractivity contribution in [2.45, 2.75) is 65.3 Å². The molecular formula is C19H25N5O2. The van der Waals surface area contributed by atoms with Crippen molar-refractivity contribution >= 4 is 22.7 Å². The Labute approximate surface area is 152 Å². The summed E-state index contributed by atoms with van der Waals surface area (Å²) in [5, 5.41) is 8.40. The SMILES string of the molecule is Cc1oc2ncn3nc(C(C)NC(=O)CCC4CCCC4)nc3c2c1C. The predicted octanol–water partition coefficient (Wildman–Crippen LogP) is 3.63. The van der Waals surface area contributed by atoms with Gasteiger partial charge in [0.15, 0.2) is 11.5 Å². The molecule has 0 aliphatic heterocycles. The van der Waals surface area contributed by atoms with Gasteiger partial charge in [-0.3, -0.25) is 4.79 Å². The normalized spacial score (nSPS) is 16.6. The van der Waals surface area contributed by atoms with Gasteiger partial charge in [0.25, 0.3) is 0 Å². The van der Waals surface area contributed by atoms with Crippen LogP contribution in [0.25, 0.3) is 16.7 Å². The van der Waals surface area contributed by atoms with Crippen LogP contribution < -0.4 is 5.32 Å². The van der Waals surface area contributed by atoms with Crippen molar-refractivity contribution in [3.8, 4) is 0 Å². The molecule has 1 saturated carbocycles. The Morgan fingerprint density at radius 2 is 2.15 bits per heavy atom. The number of aryl methyl sites for hydroxylation is 2. The van der Waals surface area contributed by atoms with E-state index in [0.29, 0.717) is 23.6 Å². The number of nitrogens with one attached hydrogen (secondary N) is 1. The van der Waals surface area contributed by atoms with Gasteiger partial charge in [0.05, 0.1) is 11.4 Å². The average molecular weight is 355 g/mol. The molecule has 0 saturated heterocycles. The van der Waals surface area contributed by atoms with Gasteiger partial charge >= 0.3 is 0 Å². The van der Waals surface area contributed by atoms with E-state index in [2.05, 4.69) is 20.4 Å². The maximum absolute atomic E-state index is 12.3. The molecule has 3 aromatic rings. The minimum Gasteiger partial charge on any atom is -0.443 e. The van der Waals surface area contributed by atoms with Crippen molar-refractivity contribution in [1.29, 1.82) is 0 Å². The van der Waals surface area contributed by atoms with Crippen molar-refractivity contribution in [3.63, 3.8) is 0 Å². The molecule has 138 valence electrons. The summed E-state index contributed by atoms with van der Waals surface area (Å²) in [5.74, 6) is 2.21. The summed E-state index contributed by atoms with van der Waals surface area (Å²) in [6.07, 6.45) is 8.31. The number of carbonyl (C=O) groups is 1. The van der Waals surface area contributed by atoms with Gasteiger partial charge in [-0.1, -0.05) is 25.7 Å². The number of carbonyl (C=O) groups excluding carboxylic acids is 1. The Morgan fingerprint density at radius 3 is 2.92 bits per heavy atom. The minimum atomic E-state index is -0.241. The highest BCUT2D eigenvalue weighted by atomic mass is 16.3. The first-order valence-corrected chi connectivity index (χ1v) is 9.43. The summed E-state index contributed by atoms with van der Waals surface area (Å²) in [7, 11) is 0.